The maximum absolute atomic E-state index is 7.19. The zero-order valence-corrected chi connectivity index (χ0v) is 57.0. The molecule has 0 fully saturated rings. The largest absolute Gasteiger partial charge is 0.0823 e. The molecule has 0 saturated carbocycles. The van der Waals surface area contributed by atoms with Gasteiger partial charge in [0.05, 0.1) is 151 Å². The Kier molecular flexibility index (Phi) is 22.5. The second kappa shape index (κ2) is 25.7. The molecule has 7 aromatic rings. The minimum absolute atomic E-state index is 0.0163. The first kappa shape index (κ1) is 65.8. The zero-order chi connectivity index (χ0) is 56.4. The Hall–Kier alpha value is 3.24. The number of benzene rings is 7. The molecular formula is C45H6Cl30. The molecule has 0 nitrogen and oxygen atoms in total. The molecule has 0 amide bonds. The Bertz CT molecular complexity index is 2870. The first-order valence-electron chi connectivity index (χ1n) is 19.0. The van der Waals surface area contributed by atoms with E-state index in [9.17, 15) is 0 Å². The second-order valence-corrected chi connectivity index (χ2v) is 26.5. The van der Waals surface area contributed by atoms with E-state index < -0.39 is 17.8 Å². The lowest BCUT2D eigenvalue weighted by Crippen LogP contribution is -2.15. The Balaban J connectivity index is 1.89. The van der Waals surface area contributed by atoms with Crippen molar-refractivity contribution in [1.29, 1.82) is 0 Å². The highest BCUT2D eigenvalue weighted by Crippen LogP contribution is 2.61. The molecular weight excluding hydrogens is 1600 g/mol. The minimum atomic E-state index is -1.57. The van der Waals surface area contributed by atoms with E-state index in [1.807, 2.05) is 0 Å². The third-order valence-electron chi connectivity index (χ3n) is 11.2. The van der Waals surface area contributed by atoms with Crippen molar-refractivity contribution in [3.8, 4) is 0 Å². The highest BCUT2D eigenvalue weighted by atomic mass is 35.5. The van der Waals surface area contributed by atoms with Crippen molar-refractivity contribution in [3.05, 3.63) is 219 Å². The van der Waals surface area contributed by atoms with Crippen molar-refractivity contribution >= 4 is 348 Å². The average molecular weight is 1610 g/mol. The molecule has 0 saturated heterocycles. The van der Waals surface area contributed by atoms with Gasteiger partial charge in [0, 0.05) is 51.1 Å². The molecule has 0 spiro atoms. The summed E-state index contributed by atoms with van der Waals surface area (Å²) in [6, 6.07) is 4.51. The highest BCUT2D eigenvalue weighted by Gasteiger charge is 2.40. The third-order valence-corrected chi connectivity index (χ3v) is 25.0. The van der Waals surface area contributed by atoms with Crippen molar-refractivity contribution in [2.45, 2.75) is 17.8 Å². The molecule has 0 N–H and O–H groups in total. The van der Waals surface area contributed by atoms with E-state index in [1.165, 1.54) is 18.2 Å². The van der Waals surface area contributed by atoms with E-state index in [1.54, 1.807) is 0 Å². The molecule has 0 atom stereocenters. The van der Waals surface area contributed by atoms with Gasteiger partial charge in [-0.1, -0.05) is 366 Å². The summed E-state index contributed by atoms with van der Waals surface area (Å²) in [5, 5.41) is -8.63. The standard InChI is InChI=1S/C45H6Cl30/c46-16-10(17(47)29(59)40(70)28(16)58)7(11-18(48)30(60)41(71)31(61)19(11)49)4-1-5(8(12-20(50)32(62)42(72)33(63)21(12)51)13-22(52)34(64)43(73)35(65)23(13)53)3-6(2-4)9(14-24(54)36(66)44(74)37(67)25(14)55)15-26(56)38(68)45(75)39(69)27(15)57/h1-3,7-9H. The molecule has 0 aliphatic carbocycles. The lowest BCUT2D eigenvalue weighted by atomic mass is 9.76. The van der Waals surface area contributed by atoms with Crippen molar-refractivity contribution in [1.82, 2.24) is 0 Å². The first-order chi connectivity index (χ1) is 34.8. The average Bonchev–Trinajstić information content (AvgIpc) is 3.39. The predicted molar refractivity (Wildman–Crippen MR) is 338 cm³/mol. The van der Waals surface area contributed by atoms with Crippen LogP contribution in [-0.4, -0.2) is 0 Å². The number of halogens is 30. The Morgan fingerprint density at radius 3 is 0.307 bits per heavy atom. The van der Waals surface area contributed by atoms with Gasteiger partial charge in [0.1, 0.15) is 0 Å². The maximum atomic E-state index is 7.19. The Morgan fingerprint density at radius 1 is 0.133 bits per heavy atom. The molecule has 75 heavy (non-hydrogen) atoms. The lowest BCUT2D eigenvalue weighted by Gasteiger charge is -2.32. The molecule has 7 rings (SSSR count). The maximum Gasteiger partial charge on any atom is 0.0809 e. The van der Waals surface area contributed by atoms with Gasteiger partial charge in [0.25, 0.3) is 0 Å². The molecule has 0 unspecified atom stereocenters. The van der Waals surface area contributed by atoms with Crippen LogP contribution in [0.15, 0.2) is 18.2 Å². The normalized spacial score (nSPS) is 12.0. The molecule has 0 aliphatic heterocycles. The quantitative estimate of drug-likeness (QED) is 0.0768. The smallest absolute Gasteiger partial charge is 0.0809 e. The molecule has 0 heterocycles. The van der Waals surface area contributed by atoms with Gasteiger partial charge in [0.2, 0.25) is 0 Å². The van der Waals surface area contributed by atoms with Gasteiger partial charge in [-0.05, 0) is 16.7 Å². The zero-order valence-electron chi connectivity index (χ0n) is 34.3. The number of rotatable bonds is 9. The van der Waals surface area contributed by atoms with Gasteiger partial charge in [-0.3, -0.25) is 0 Å². The van der Waals surface area contributed by atoms with Crippen molar-refractivity contribution in [3.63, 3.8) is 0 Å². The lowest BCUT2D eigenvalue weighted by molar-refractivity contribution is 0.907. The van der Waals surface area contributed by atoms with E-state index in [0.29, 0.717) is 0 Å². The fraction of sp³-hybridized carbons (Fsp3) is 0.0667. The minimum Gasteiger partial charge on any atom is -0.0823 e. The van der Waals surface area contributed by atoms with Gasteiger partial charge in [-0.25, -0.2) is 0 Å². The van der Waals surface area contributed by atoms with Gasteiger partial charge in [-0.15, -0.1) is 0 Å². The van der Waals surface area contributed by atoms with Crippen LogP contribution in [0.3, 0.4) is 0 Å². The molecule has 0 radical (unpaired) electrons. The van der Waals surface area contributed by atoms with Crippen molar-refractivity contribution in [2.24, 2.45) is 0 Å². The highest BCUT2D eigenvalue weighted by molar-refractivity contribution is 6.61. The van der Waals surface area contributed by atoms with E-state index >= 15 is 0 Å². The van der Waals surface area contributed by atoms with Gasteiger partial charge in [0.15, 0.2) is 0 Å². The summed E-state index contributed by atoms with van der Waals surface area (Å²) in [7, 11) is 0. The van der Waals surface area contributed by atoms with Crippen LogP contribution in [0, 0.1) is 0 Å². The SMILES string of the molecule is Clc1c(Cl)c(Cl)c(C(c2cc(C(c3c(Cl)c(Cl)c(Cl)c(Cl)c3Cl)c3c(Cl)c(Cl)c(Cl)c(Cl)c3Cl)cc(C(c3c(Cl)c(Cl)c(Cl)c(Cl)c3Cl)c3c(Cl)c(Cl)c(Cl)c(Cl)c3Cl)c2)c2c(Cl)c(Cl)c(Cl)c(Cl)c2Cl)c(Cl)c1Cl. The Morgan fingerprint density at radius 2 is 0.213 bits per heavy atom. The molecule has 0 aliphatic rings. The fourth-order valence-corrected chi connectivity index (χ4v) is 16.1. The molecule has 7 aromatic carbocycles. The summed E-state index contributed by atoms with van der Waals surface area (Å²) >= 11 is 208. The van der Waals surface area contributed by atoms with Crippen molar-refractivity contribution < 1.29 is 0 Å². The van der Waals surface area contributed by atoms with E-state index in [-0.39, 0.29) is 201 Å². The summed E-state index contributed by atoms with van der Waals surface area (Å²) in [5.41, 5.74) is -0.719. The van der Waals surface area contributed by atoms with Crippen molar-refractivity contribution in [2.75, 3.05) is 0 Å². The van der Waals surface area contributed by atoms with Crippen LogP contribution in [0.25, 0.3) is 0 Å². The van der Waals surface area contributed by atoms with Gasteiger partial charge < -0.3 is 0 Å². The second-order valence-electron chi connectivity index (χ2n) is 15.1. The van der Waals surface area contributed by atoms with Crippen LogP contribution in [0.1, 0.15) is 67.8 Å². The van der Waals surface area contributed by atoms with Crippen LogP contribution in [0.2, 0.25) is 151 Å². The summed E-state index contributed by atoms with van der Waals surface area (Å²) in [4.78, 5) is 0. The van der Waals surface area contributed by atoms with Gasteiger partial charge >= 0.3 is 0 Å². The van der Waals surface area contributed by atoms with Crippen LogP contribution in [-0.2, 0) is 0 Å². The third kappa shape index (κ3) is 11.5. The summed E-state index contributed by atoms with van der Waals surface area (Å²) in [5.74, 6) is -4.70. The summed E-state index contributed by atoms with van der Waals surface area (Å²) in [6.07, 6.45) is 0. The number of hydrogen-bond acceptors (Lipinski definition) is 0. The topological polar surface area (TPSA) is 0 Å². The van der Waals surface area contributed by atoms with E-state index in [0.717, 1.165) is 0 Å². The first-order valence-corrected chi connectivity index (χ1v) is 30.3. The fourth-order valence-electron chi connectivity index (χ4n) is 7.89. The van der Waals surface area contributed by atoms with Gasteiger partial charge in [-0.2, -0.15) is 0 Å². The van der Waals surface area contributed by atoms with Crippen LogP contribution in [0.5, 0.6) is 0 Å². The van der Waals surface area contributed by atoms with E-state index in [2.05, 4.69) is 0 Å². The number of hydrogen-bond donors (Lipinski definition) is 0. The molecule has 0 aromatic heterocycles. The monoisotopic (exact) mass is 1600 g/mol. The van der Waals surface area contributed by atoms with E-state index in [4.69, 9.17) is 348 Å². The van der Waals surface area contributed by atoms with Crippen LogP contribution < -0.4 is 0 Å². The van der Waals surface area contributed by atoms with Crippen LogP contribution in [0.4, 0.5) is 0 Å². The molecule has 396 valence electrons. The summed E-state index contributed by atoms with van der Waals surface area (Å²) in [6.45, 7) is 0. The predicted octanol–water partition coefficient (Wildman–Crippen LogP) is 30.8. The molecule has 30 heteroatoms. The summed E-state index contributed by atoms with van der Waals surface area (Å²) < 4.78 is 0. The van der Waals surface area contributed by atoms with Crippen LogP contribution >= 0.6 is 348 Å². The Labute approximate surface area is 576 Å². The molecule has 0 bridgehead atoms.